The normalized spacial score (nSPS) is 10.6. The molecule has 26 heavy (non-hydrogen) atoms. The molecule has 3 heterocycles. The van der Waals surface area contributed by atoms with Crippen molar-refractivity contribution in [3.05, 3.63) is 65.1 Å². The highest BCUT2D eigenvalue weighted by Crippen LogP contribution is 2.19. The Morgan fingerprint density at radius 2 is 2.12 bits per heavy atom. The molecule has 0 bridgehead atoms. The topological polar surface area (TPSA) is 102 Å². The van der Waals surface area contributed by atoms with Gasteiger partial charge in [0, 0.05) is 30.8 Å². The third kappa shape index (κ3) is 3.34. The highest BCUT2D eigenvalue weighted by atomic mass is 16.5. The molecule has 3 rings (SSSR count). The number of aryl methyl sites for hydroxylation is 1. The van der Waals surface area contributed by atoms with Crippen molar-refractivity contribution in [3.8, 4) is 5.82 Å². The average Bonchev–Trinajstić information content (AvgIpc) is 3.28. The van der Waals surface area contributed by atoms with E-state index in [2.05, 4.69) is 20.3 Å². The molecule has 3 aromatic heterocycles. The lowest BCUT2D eigenvalue weighted by molar-refractivity contribution is 0.0599. The summed E-state index contributed by atoms with van der Waals surface area (Å²) in [4.78, 5) is 35.5. The second-order valence-corrected chi connectivity index (χ2v) is 5.79. The number of carbonyl (C=O) groups is 2. The Morgan fingerprint density at radius 1 is 1.31 bits per heavy atom. The first-order chi connectivity index (χ1) is 12.5. The van der Waals surface area contributed by atoms with Crippen LogP contribution in [0.3, 0.4) is 0 Å². The molecular formula is C18H19N5O3. The van der Waals surface area contributed by atoms with E-state index in [1.807, 2.05) is 12.1 Å². The van der Waals surface area contributed by atoms with E-state index in [0.29, 0.717) is 29.1 Å². The van der Waals surface area contributed by atoms with Crippen molar-refractivity contribution in [2.24, 2.45) is 0 Å². The van der Waals surface area contributed by atoms with Crippen molar-refractivity contribution in [3.63, 3.8) is 0 Å². The molecule has 0 unspecified atom stereocenters. The molecule has 0 aliphatic rings. The van der Waals surface area contributed by atoms with Crippen molar-refractivity contribution in [1.82, 2.24) is 24.8 Å². The Hall–Kier alpha value is -3.42. The van der Waals surface area contributed by atoms with Gasteiger partial charge in [0.05, 0.1) is 12.7 Å². The number of amides is 1. The van der Waals surface area contributed by atoms with Crippen LogP contribution < -0.4 is 5.32 Å². The predicted molar refractivity (Wildman–Crippen MR) is 94.1 cm³/mol. The molecule has 0 atom stereocenters. The van der Waals surface area contributed by atoms with Gasteiger partial charge in [-0.1, -0.05) is 6.07 Å². The number of H-pyrrole nitrogens is 1. The molecule has 0 saturated heterocycles. The van der Waals surface area contributed by atoms with Crippen LogP contribution in [0.15, 0.2) is 37.1 Å². The third-order valence-corrected chi connectivity index (χ3v) is 4.09. The highest BCUT2D eigenvalue weighted by Gasteiger charge is 2.22. The summed E-state index contributed by atoms with van der Waals surface area (Å²) >= 11 is 0. The van der Waals surface area contributed by atoms with Crippen molar-refractivity contribution in [1.29, 1.82) is 0 Å². The number of methoxy groups -OCH3 is 1. The monoisotopic (exact) mass is 353 g/mol. The molecule has 0 spiro atoms. The Balaban J connectivity index is 1.68. The van der Waals surface area contributed by atoms with E-state index in [1.165, 1.54) is 7.11 Å². The van der Waals surface area contributed by atoms with Crippen LogP contribution in [-0.2, 0) is 11.3 Å². The lowest BCUT2D eigenvalue weighted by Gasteiger charge is -2.06. The molecule has 0 saturated carbocycles. The van der Waals surface area contributed by atoms with Gasteiger partial charge in [-0.15, -0.1) is 0 Å². The minimum Gasteiger partial charge on any atom is -0.465 e. The Labute approximate surface area is 150 Å². The van der Waals surface area contributed by atoms with Gasteiger partial charge in [-0.25, -0.2) is 14.8 Å². The maximum atomic E-state index is 12.4. The fourth-order valence-electron chi connectivity index (χ4n) is 2.72. The largest absolute Gasteiger partial charge is 0.465 e. The number of ether oxygens (including phenoxy) is 1. The van der Waals surface area contributed by atoms with E-state index in [9.17, 15) is 9.59 Å². The molecule has 0 aliphatic carbocycles. The van der Waals surface area contributed by atoms with Gasteiger partial charge in [0.2, 0.25) is 0 Å². The number of aromatic nitrogens is 4. The minimum absolute atomic E-state index is 0.292. The van der Waals surface area contributed by atoms with E-state index in [-0.39, 0.29) is 5.91 Å². The Morgan fingerprint density at radius 3 is 2.73 bits per heavy atom. The number of nitrogens with one attached hydrogen (secondary N) is 2. The van der Waals surface area contributed by atoms with E-state index in [4.69, 9.17) is 4.74 Å². The number of hydrogen-bond donors (Lipinski definition) is 2. The number of aromatic amines is 1. The molecular weight excluding hydrogens is 334 g/mol. The number of pyridine rings is 1. The zero-order valence-electron chi connectivity index (χ0n) is 14.7. The first-order valence-electron chi connectivity index (χ1n) is 8.00. The number of rotatable bonds is 5. The summed E-state index contributed by atoms with van der Waals surface area (Å²) < 4.78 is 6.55. The molecule has 0 fully saturated rings. The highest BCUT2D eigenvalue weighted by molar-refractivity contribution is 6.00. The second kappa shape index (κ2) is 7.22. The fraction of sp³-hybridized carbons (Fsp3) is 0.222. The van der Waals surface area contributed by atoms with E-state index in [1.54, 1.807) is 43.3 Å². The molecule has 134 valence electrons. The lowest BCUT2D eigenvalue weighted by Crippen LogP contribution is -2.24. The smallest absolute Gasteiger partial charge is 0.339 e. The molecule has 8 heteroatoms. The first kappa shape index (κ1) is 17.4. The molecule has 0 aromatic carbocycles. The second-order valence-electron chi connectivity index (χ2n) is 5.79. The van der Waals surface area contributed by atoms with Crippen LogP contribution >= 0.6 is 0 Å². The maximum Gasteiger partial charge on any atom is 0.339 e. The molecule has 0 aliphatic heterocycles. The molecule has 0 radical (unpaired) electrons. The number of imidazole rings is 1. The number of carbonyl (C=O) groups excluding carboxylic acids is 2. The predicted octanol–water partition coefficient (Wildman–Crippen LogP) is 1.93. The molecule has 1 amide bonds. The van der Waals surface area contributed by atoms with Gasteiger partial charge < -0.3 is 15.0 Å². The number of nitrogens with zero attached hydrogens (tertiary/aromatic N) is 3. The van der Waals surface area contributed by atoms with Crippen molar-refractivity contribution in [2.45, 2.75) is 20.4 Å². The zero-order valence-corrected chi connectivity index (χ0v) is 14.7. The zero-order chi connectivity index (χ0) is 18.7. The Kier molecular flexibility index (Phi) is 4.83. The maximum absolute atomic E-state index is 12.4. The summed E-state index contributed by atoms with van der Waals surface area (Å²) in [6.45, 7) is 3.77. The standard InChI is InChI=1S/C18H19N5O3/c1-11-15(18(25)26-3)12(2)22-16(11)17(24)21-9-13-4-5-14(20-8-13)23-7-6-19-10-23/h4-8,10,22H,9H2,1-3H3,(H,21,24). The van der Waals surface area contributed by atoms with Gasteiger partial charge >= 0.3 is 5.97 Å². The van der Waals surface area contributed by atoms with Crippen LogP contribution in [0, 0.1) is 13.8 Å². The summed E-state index contributed by atoms with van der Waals surface area (Å²) in [5.74, 6) is -0.00911. The van der Waals surface area contributed by atoms with Crippen molar-refractivity contribution in [2.75, 3.05) is 7.11 Å². The number of esters is 1. The minimum atomic E-state index is -0.463. The summed E-state index contributed by atoms with van der Waals surface area (Å²) in [7, 11) is 1.31. The number of hydrogen-bond acceptors (Lipinski definition) is 5. The fourth-order valence-corrected chi connectivity index (χ4v) is 2.72. The van der Waals surface area contributed by atoms with Crippen LogP contribution in [0.25, 0.3) is 5.82 Å². The van der Waals surface area contributed by atoms with E-state index in [0.717, 1.165) is 11.4 Å². The average molecular weight is 353 g/mol. The molecule has 2 N–H and O–H groups in total. The van der Waals surface area contributed by atoms with E-state index >= 15 is 0 Å². The lowest BCUT2D eigenvalue weighted by atomic mass is 10.1. The van der Waals surface area contributed by atoms with Gasteiger partial charge in [-0.2, -0.15) is 0 Å². The van der Waals surface area contributed by atoms with Crippen molar-refractivity contribution >= 4 is 11.9 Å². The van der Waals surface area contributed by atoms with Crippen LogP contribution in [0.2, 0.25) is 0 Å². The van der Waals surface area contributed by atoms with Gasteiger partial charge in [0.15, 0.2) is 0 Å². The van der Waals surface area contributed by atoms with Crippen LogP contribution in [0.5, 0.6) is 0 Å². The van der Waals surface area contributed by atoms with Gasteiger partial charge in [0.1, 0.15) is 17.8 Å². The third-order valence-electron chi connectivity index (χ3n) is 4.09. The molecule has 8 nitrogen and oxygen atoms in total. The van der Waals surface area contributed by atoms with Gasteiger partial charge in [-0.05, 0) is 31.0 Å². The summed E-state index contributed by atoms with van der Waals surface area (Å²) in [6.07, 6.45) is 6.85. The SMILES string of the molecule is COC(=O)c1c(C)[nH]c(C(=O)NCc2ccc(-n3ccnc3)nc2)c1C. The van der Waals surface area contributed by atoms with Gasteiger partial charge in [0.25, 0.3) is 5.91 Å². The Bertz CT molecular complexity index is 927. The quantitative estimate of drug-likeness (QED) is 0.683. The van der Waals surface area contributed by atoms with Gasteiger partial charge in [-0.3, -0.25) is 9.36 Å². The van der Waals surface area contributed by atoms with E-state index < -0.39 is 5.97 Å². The summed E-state index contributed by atoms with van der Waals surface area (Å²) in [5.41, 5.74) is 2.78. The molecule has 3 aromatic rings. The van der Waals surface area contributed by atoms with Crippen molar-refractivity contribution < 1.29 is 14.3 Å². The van der Waals surface area contributed by atoms with Crippen LogP contribution in [-0.4, -0.2) is 38.5 Å². The van der Waals surface area contributed by atoms with Crippen LogP contribution in [0.4, 0.5) is 0 Å². The summed E-state index contributed by atoms with van der Waals surface area (Å²) in [5, 5.41) is 2.83. The first-order valence-corrected chi connectivity index (χ1v) is 8.00. The summed E-state index contributed by atoms with van der Waals surface area (Å²) in [6, 6.07) is 3.73. The van der Waals surface area contributed by atoms with Crippen LogP contribution in [0.1, 0.15) is 37.7 Å².